The average Bonchev–Trinajstić information content (AvgIpc) is 3.36. The van der Waals surface area contributed by atoms with E-state index in [9.17, 15) is 23.2 Å². The second-order valence-electron chi connectivity index (χ2n) is 15.4. The molecule has 0 bridgehead atoms. The zero-order valence-corrected chi connectivity index (χ0v) is 24.8. The zero-order chi connectivity index (χ0) is 27.2. The Balaban J connectivity index is 1.39. The van der Waals surface area contributed by atoms with E-state index in [1.165, 1.54) is 32.1 Å². The number of aliphatic hydroxyl groups is 2. The second-order valence-corrected chi connectivity index (χ2v) is 16.4. The molecule has 0 heterocycles. The highest BCUT2D eigenvalue weighted by Crippen LogP contribution is 2.89. The Kier molecular flexibility index (Phi) is 6.81. The summed E-state index contributed by atoms with van der Waals surface area (Å²) in [5, 5.41) is 21.3. The summed E-state index contributed by atoms with van der Waals surface area (Å²) >= 11 is 0. The molecule has 0 unspecified atom stereocenters. The van der Waals surface area contributed by atoms with E-state index in [1.54, 1.807) is 0 Å². The van der Waals surface area contributed by atoms with Gasteiger partial charge in [-0.2, -0.15) is 8.42 Å². The molecular weight excluding hydrogens is 488 g/mol. The van der Waals surface area contributed by atoms with Gasteiger partial charge in [0.15, 0.2) is 0 Å². The van der Waals surface area contributed by atoms with Crippen LogP contribution in [0.4, 0.5) is 0 Å². The van der Waals surface area contributed by atoms with Crippen LogP contribution in [0.1, 0.15) is 112 Å². The minimum absolute atomic E-state index is 0.117. The van der Waals surface area contributed by atoms with Crippen molar-refractivity contribution in [3.05, 3.63) is 0 Å². The zero-order valence-electron chi connectivity index (χ0n) is 24.0. The third-order valence-electron chi connectivity index (χ3n) is 13.6. The maximum Gasteiger partial charge on any atom is 0.397 e. The van der Waals surface area contributed by atoms with E-state index in [0.717, 1.165) is 32.1 Å². The molecule has 5 aliphatic rings. The van der Waals surface area contributed by atoms with Crippen molar-refractivity contribution in [2.24, 2.45) is 56.7 Å². The third-order valence-corrected chi connectivity index (χ3v) is 14.0. The van der Waals surface area contributed by atoms with Crippen LogP contribution in [-0.4, -0.2) is 42.0 Å². The van der Waals surface area contributed by atoms with E-state index >= 15 is 0 Å². The van der Waals surface area contributed by atoms with Crippen LogP contribution >= 0.6 is 0 Å². The first-order valence-electron chi connectivity index (χ1n) is 15.0. The van der Waals surface area contributed by atoms with Crippen molar-refractivity contribution in [2.75, 3.05) is 6.61 Å². The molecule has 0 aromatic carbocycles. The van der Waals surface area contributed by atoms with Crippen molar-refractivity contribution >= 4 is 10.4 Å². The molecule has 0 radical (unpaired) electrons. The Bertz CT molecular complexity index is 998. The van der Waals surface area contributed by atoms with Gasteiger partial charge in [-0.1, -0.05) is 41.5 Å². The van der Waals surface area contributed by atoms with Crippen LogP contribution in [0.2, 0.25) is 0 Å². The predicted octanol–water partition coefficient (Wildman–Crippen LogP) is 6.02. The van der Waals surface area contributed by atoms with Crippen LogP contribution in [0.3, 0.4) is 0 Å². The number of rotatable bonds is 8. The lowest BCUT2D eigenvalue weighted by molar-refractivity contribution is -0.170. The molecule has 6 nitrogen and oxygen atoms in total. The van der Waals surface area contributed by atoms with Crippen molar-refractivity contribution in [2.45, 2.75) is 124 Å². The summed E-state index contributed by atoms with van der Waals surface area (Å²) in [6.45, 7) is 13.8. The van der Waals surface area contributed by atoms with Gasteiger partial charge < -0.3 is 10.2 Å². The fraction of sp³-hybridized carbons (Fsp3) is 1.00. The Morgan fingerprint density at radius 3 is 2.14 bits per heavy atom. The highest BCUT2D eigenvalue weighted by Gasteiger charge is 2.82. The van der Waals surface area contributed by atoms with Crippen LogP contribution in [0.25, 0.3) is 0 Å². The maximum atomic E-state index is 11.6. The van der Waals surface area contributed by atoms with Gasteiger partial charge in [0.1, 0.15) is 0 Å². The summed E-state index contributed by atoms with van der Waals surface area (Å²) < 4.78 is 37.9. The summed E-state index contributed by atoms with van der Waals surface area (Å²) in [6, 6.07) is 0. The molecule has 0 aromatic rings. The average molecular weight is 541 g/mol. The molecular formula is C30H52O6S. The van der Waals surface area contributed by atoms with E-state index in [-0.39, 0.29) is 34.9 Å². The minimum Gasteiger partial charge on any atom is -0.396 e. The van der Waals surface area contributed by atoms with Gasteiger partial charge in [-0.15, -0.1) is 0 Å². The molecule has 5 saturated carbocycles. The largest absolute Gasteiger partial charge is 0.397 e. The quantitative estimate of drug-likeness (QED) is 0.325. The first-order chi connectivity index (χ1) is 17.1. The maximum absolute atomic E-state index is 11.6. The lowest BCUT2D eigenvalue weighted by Crippen LogP contribution is -2.59. The van der Waals surface area contributed by atoms with Crippen LogP contribution in [0.15, 0.2) is 0 Å². The molecule has 0 amide bonds. The Labute approximate surface area is 225 Å². The van der Waals surface area contributed by atoms with Gasteiger partial charge in [0.05, 0.1) is 18.8 Å². The molecule has 0 aliphatic heterocycles. The third kappa shape index (κ3) is 3.94. The van der Waals surface area contributed by atoms with Crippen LogP contribution in [0.5, 0.6) is 0 Å². The number of hydrogen-bond donors (Lipinski definition) is 3. The normalized spacial score (nSPS) is 50.5. The SMILES string of the molecule is CC(C)C[C@H](O)C[C@@H](C)[C@H]1CC[C@@]2(C)[C@@H]3CC[C@H]4[C@](C)(CO)[C@@H](OS(=O)(=O)O)CC[C@@]45C[C@@]35CC[C@]12C. The van der Waals surface area contributed by atoms with Crippen molar-refractivity contribution < 1.29 is 27.4 Å². The number of fused-ring (bicyclic) bond motifs is 2. The summed E-state index contributed by atoms with van der Waals surface area (Å²) in [6.07, 6.45) is 10.7. The smallest absolute Gasteiger partial charge is 0.396 e. The molecule has 214 valence electrons. The molecule has 5 rings (SSSR count). The summed E-state index contributed by atoms with van der Waals surface area (Å²) in [5.41, 5.74) is 0.345. The minimum atomic E-state index is -4.56. The molecule has 2 spiro atoms. The van der Waals surface area contributed by atoms with Crippen LogP contribution in [0, 0.1) is 56.7 Å². The molecule has 0 saturated heterocycles. The van der Waals surface area contributed by atoms with E-state index in [4.69, 9.17) is 4.18 Å². The van der Waals surface area contributed by atoms with Gasteiger partial charge >= 0.3 is 10.4 Å². The monoisotopic (exact) mass is 540 g/mol. The van der Waals surface area contributed by atoms with E-state index in [1.807, 2.05) is 6.92 Å². The summed E-state index contributed by atoms with van der Waals surface area (Å²) in [7, 11) is -4.56. The molecule has 5 fully saturated rings. The molecule has 5 aliphatic carbocycles. The molecule has 3 N–H and O–H groups in total. The Hall–Kier alpha value is -0.210. The van der Waals surface area contributed by atoms with Crippen molar-refractivity contribution in [1.29, 1.82) is 0 Å². The van der Waals surface area contributed by atoms with E-state index in [0.29, 0.717) is 35.5 Å². The lowest BCUT2D eigenvalue weighted by atomic mass is 9.41. The lowest BCUT2D eigenvalue weighted by Gasteiger charge is -2.63. The number of hydrogen-bond acceptors (Lipinski definition) is 5. The van der Waals surface area contributed by atoms with E-state index in [2.05, 4.69) is 34.6 Å². The van der Waals surface area contributed by atoms with Crippen molar-refractivity contribution in [1.82, 2.24) is 0 Å². The van der Waals surface area contributed by atoms with Gasteiger partial charge in [-0.25, -0.2) is 4.18 Å². The number of aliphatic hydroxyl groups excluding tert-OH is 2. The predicted molar refractivity (Wildman–Crippen MR) is 144 cm³/mol. The first-order valence-corrected chi connectivity index (χ1v) is 16.4. The van der Waals surface area contributed by atoms with Crippen LogP contribution in [-0.2, 0) is 14.6 Å². The van der Waals surface area contributed by atoms with Gasteiger partial charge in [0.25, 0.3) is 0 Å². The summed E-state index contributed by atoms with van der Waals surface area (Å²) in [5.74, 6) is 2.56. The Morgan fingerprint density at radius 2 is 1.51 bits per heavy atom. The molecule has 0 aromatic heterocycles. The van der Waals surface area contributed by atoms with Gasteiger partial charge in [-0.3, -0.25) is 4.55 Å². The summed E-state index contributed by atoms with van der Waals surface area (Å²) in [4.78, 5) is 0. The fourth-order valence-corrected chi connectivity index (χ4v) is 12.5. The molecule has 37 heavy (non-hydrogen) atoms. The van der Waals surface area contributed by atoms with Gasteiger partial charge in [0.2, 0.25) is 0 Å². The van der Waals surface area contributed by atoms with Gasteiger partial charge in [-0.05, 0) is 122 Å². The molecule has 11 atom stereocenters. The van der Waals surface area contributed by atoms with Crippen LogP contribution < -0.4 is 0 Å². The highest BCUT2D eigenvalue weighted by atomic mass is 32.3. The highest BCUT2D eigenvalue weighted by molar-refractivity contribution is 7.80. The second kappa shape index (κ2) is 8.89. The first kappa shape index (κ1) is 28.3. The topological polar surface area (TPSA) is 104 Å². The van der Waals surface area contributed by atoms with Crippen molar-refractivity contribution in [3.63, 3.8) is 0 Å². The van der Waals surface area contributed by atoms with Crippen molar-refractivity contribution in [3.8, 4) is 0 Å². The van der Waals surface area contributed by atoms with Gasteiger partial charge in [0, 0.05) is 5.41 Å². The standard InChI is InChI=1S/C30H52O6S/c1-19(2)15-21(32)16-20(3)22-9-11-28(6)24-8-7-23-26(4,18-31)25(36-37(33,34)35)10-12-29(23)17-30(24,29)14-13-27(22,28)5/h19-25,31-32H,7-18H2,1-6H3,(H,33,34,35)/t20-,21+,22-,23+,24+,25+,26+,27-,28+,29-,30+/m1/s1. The van der Waals surface area contributed by atoms with E-state index < -0.39 is 21.9 Å². The Morgan fingerprint density at radius 1 is 0.865 bits per heavy atom. The molecule has 7 heteroatoms. The fourth-order valence-electron chi connectivity index (χ4n) is 11.9.